The van der Waals surface area contributed by atoms with Gasteiger partial charge in [-0.3, -0.25) is 14.9 Å². The van der Waals surface area contributed by atoms with Crippen LogP contribution in [0.25, 0.3) is 11.3 Å². The Hall–Kier alpha value is -2.35. The number of halogens is 1. The van der Waals surface area contributed by atoms with E-state index in [9.17, 15) is 9.59 Å². The number of carbonyl (C=O) groups excluding carboxylic acids is 2. The van der Waals surface area contributed by atoms with Crippen LogP contribution in [0.3, 0.4) is 0 Å². The van der Waals surface area contributed by atoms with Crippen molar-refractivity contribution in [3.63, 3.8) is 0 Å². The molecule has 0 spiro atoms. The van der Waals surface area contributed by atoms with E-state index >= 15 is 0 Å². The Kier molecular flexibility index (Phi) is 4.90. The van der Waals surface area contributed by atoms with Crippen LogP contribution >= 0.6 is 34.7 Å². The molecule has 2 amide bonds. The number of benzene rings is 2. The SMILES string of the molecule is Cc1sc(NC(=O)c2ccc3c(c2)NC(=O)CS3)nc1-c1ccc(Cl)cc1. The summed E-state index contributed by atoms with van der Waals surface area (Å²) < 4.78 is 0. The molecule has 8 heteroatoms. The van der Waals surface area contributed by atoms with Crippen LogP contribution in [0, 0.1) is 6.92 Å². The van der Waals surface area contributed by atoms with Gasteiger partial charge >= 0.3 is 0 Å². The van der Waals surface area contributed by atoms with E-state index in [2.05, 4.69) is 15.6 Å². The number of thiazole rings is 1. The number of fused-ring (bicyclic) bond motifs is 1. The maximum absolute atomic E-state index is 12.6. The summed E-state index contributed by atoms with van der Waals surface area (Å²) in [6.07, 6.45) is 0. The van der Waals surface area contributed by atoms with Crippen molar-refractivity contribution in [2.75, 3.05) is 16.4 Å². The number of rotatable bonds is 3. The average Bonchev–Trinajstić information content (AvgIpc) is 3.01. The van der Waals surface area contributed by atoms with Gasteiger partial charge in [-0.1, -0.05) is 23.7 Å². The Morgan fingerprint density at radius 2 is 2.00 bits per heavy atom. The van der Waals surface area contributed by atoms with Crippen molar-refractivity contribution in [3.8, 4) is 11.3 Å². The zero-order valence-electron chi connectivity index (χ0n) is 14.2. The fraction of sp³-hybridized carbons (Fsp3) is 0.105. The standard InChI is InChI=1S/C19H14ClN3O2S2/c1-10-17(11-2-5-13(20)6-3-11)22-19(27-10)23-18(25)12-4-7-15-14(8-12)21-16(24)9-26-15/h2-8H,9H2,1H3,(H,21,24)(H,22,23,25). The second-order valence-electron chi connectivity index (χ2n) is 5.93. The molecule has 5 nitrogen and oxygen atoms in total. The first-order chi connectivity index (χ1) is 13.0. The first-order valence-electron chi connectivity index (χ1n) is 8.11. The van der Waals surface area contributed by atoms with Crippen molar-refractivity contribution in [3.05, 3.63) is 57.9 Å². The van der Waals surface area contributed by atoms with Gasteiger partial charge in [0.05, 0.1) is 17.1 Å². The molecule has 0 unspecified atom stereocenters. The highest BCUT2D eigenvalue weighted by atomic mass is 35.5. The number of aromatic nitrogens is 1. The van der Waals surface area contributed by atoms with E-state index in [4.69, 9.17) is 11.6 Å². The predicted octanol–water partition coefficient (Wildman–Crippen LogP) is 5.07. The van der Waals surface area contributed by atoms with E-state index in [-0.39, 0.29) is 11.8 Å². The lowest BCUT2D eigenvalue weighted by atomic mass is 10.1. The number of anilines is 2. The molecular weight excluding hydrogens is 402 g/mol. The van der Waals surface area contributed by atoms with Gasteiger partial charge in [-0.05, 0) is 37.3 Å². The molecule has 0 aliphatic carbocycles. The van der Waals surface area contributed by atoms with Crippen LogP contribution in [0.15, 0.2) is 47.4 Å². The summed E-state index contributed by atoms with van der Waals surface area (Å²) >= 11 is 8.82. The predicted molar refractivity (Wildman–Crippen MR) is 111 cm³/mol. The van der Waals surface area contributed by atoms with Crippen molar-refractivity contribution in [2.24, 2.45) is 0 Å². The zero-order chi connectivity index (χ0) is 19.0. The van der Waals surface area contributed by atoms with Crippen molar-refractivity contribution >= 4 is 57.3 Å². The molecule has 27 heavy (non-hydrogen) atoms. The molecular formula is C19H14ClN3O2S2. The Bertz CT molecular complexity index is 1050. The number of thioether (sulfide) groups is 1. The Balaban J connectivity index is 1.55. The maximum Gasteiger partial charge on any atom is 0.257 e. The van der Waals surface area contributed by atoms with Crippen LogP contribution in [0.2, 0.25) is 5.02 Å². The first-order valence-corrected chi connectivity index (χ1v) is 10.3. The Morgan fingerprint density at radius 1 is 1.22 bits per heavy atom. The van der Waals surface area contributed by atoms with E-state index in [1.807, 2.05) is 37.3 Å². The minimum atomic E-state index is -0.265. The first kappa shape index (κ1) is 18.0. The van der Waals surface area contributed by atoms with E-state index in [0.29, 0.717) is 27.2 Å². The molecule has 2 aromatic carbocycles. The highest BCUT2D eigenvalue weighted by Crippen LogP contribution is 2.33. The van der Waals surface area contributed by atoms with Gasteiger partial charge in [0, 0.05) is 25.9 Å². The minimum Gasteiger partial charge on any atom is -0.324 e. The summed E-state index contributed by atoms with van der Waals surface area (Å²) in [4.78, 5) is 30.7. The fourth-order valence-corrected chi connectivity index (χ4v) is 4.46. The smallest absolute Gasteiger partial charge is 0.257 e. The third-order valence-corrected chi connectivity index (χ3v) is 6.22. The third kappa shape index (κ3) is 3.85. The molecule has 0 fully saturated rings. The number of carbonyl (C=O) groups is 2. The highest BCUT2D eigenvalue weighted by molar-refractivity contribution is 8.00. The molecule has 3 aromatic rings. The second kappa shape index (κ2) is 7.34. The molecule has 0 atom stereocenters. The number of hydrogen-bond donors (Lipinski definition) is 2. The molecule has 2 heterocycles. The summed E-state index contributed by atoms with van der Waals surface area (Å²) in [5.41, 5.74) is 2.90. The molecule has 1 aliphatic heterocycles. The van der Waals surface area contributed by atoms with Gasteiger partial charge in [0.15, 0.2) is 5.13 Å². The van der Waals surface area contributed by atoms with Gasteiger partial charge in [0.2, 0.25) is 5.91 Å². The number of nitrogens with zero attached hydrogens (tertiary/aromatic N) is 1. The lowest BCUT2D eigenvalue weighted by Gasteiger charge is -2.16. The summed E-state index contributed by atoms with van der Waals surface area (Å²) in [6.45, 7) is 1.96. The topological polar surface area (TPSA) is 71.1 Å². The fourth-order valence-electron chi connectivity index (χ4n) is 2.72. The molecule has 1 aromatic heterocycles. The second-order valence-corrected chi connectivity index (χ2v) is 8.59. The maximum atomic E-state index is 12.6. The number of amides is 2. The monoisotopic (exact) mass is 415 g/mol. The number of nitrogens with one attached hydrogen (secondary N) is 2. The van der Waals surface area contributed by atoms with Crippen LogP contribution in [0.5, 0.6) is 0 Å². The van der Waals surface area contributed by atoms with Crippen LogP contribution in [-0.4, -0.2) is 22.6 Å². The third-order valence-electron chi connectivity index (χ3n) is 4.01. The van der Waals surface area contributed by atoms with Crippen LogP contribution in [0.1, 0.15) is 15.2 Å². The van der Waals surface area contributed by atoms with Gasteiger partial charge in [-0.15, -0.1) is 23.1 Å². The van der Waals surface area contributed by atoms with E-state index < -0.39 is 0 Å². The van der Waals surface area contributed by atoms with Crippen molar-refractivity contribution in [2.45, 2.75) is 11.8 Å². The molecule has 0 bridgehead atoms. The number of hydrogen-bond acceptors (Lipinski definition) is 5. The lowest BCUT2D eigenvalue weighted by Crippen LogP contribution is -2.19. The molecule has 2 N–H and O–H groups in total. The summed E-state index contributed by atoms with van der Waals surface area (Å²) in [5.74, 6) is 0.0666. The summed E-state index contributed by atoms with van der Waals surface area (Å²) in [6, 6.07) is 12.7. The van der Waals surface area contributed by atoms with Crippen LogP contribution in [0.4, 0.5) is 10.8 Å². The lowest BCUT2D eigenvalue weighted by molar-refractivity contribution is -0.113. The van der Waals surface area contributed by atoms with Crippen molar-refractivity contribution in [1.29, 1.82) is 0 Å². The van der Waals surface area contributed by atoms with E-state index in [0.717, 1.165) is 21.0 Å². The molecule has 0 saturated heterocycles. The minimum absolute atomic E-state index is 0.0618. The van der Waals surface area contributed by atoms with Gasteiger partial charge in [-0.2, -0.15) is 0 Å². The van der Waals surface area contributed by atoms with Gasteiger partial charge in [-0.25, -0.2) is 4.98 Å². The highest BCUT2D eigenvalue weighted by Gasteiger charge is 2.18. The molecule has 1 aliphatic rings. The zero-order valence-corrected chi connectivity index (χ0v) is 16.6. The average molecular weight is 416 g/mol. The molecule has 0 saturated carbocycles. The van der Waals surface area contributed by atoms with Gasteiger partial charge < -0.3 is 5.32 Å². The molecule has 136 valence electrons. The number of aryl methyl sites for hydroxylation is 1. The largest absolute Gasteiger partial charge is 0.324 e. The summed E-state index contributed by atoms with van der Waals surface area (Å²) in [5, 5.41) is 6.83. The summed E-state index contributed by atoms with van der Waals surface area (Å²) in [7, 11) is 0. The van der Waals surface area contributed by atoms with Gasteiger partial charge in [0.1, 0.15) is 0 Å². The Labute approximate surface area is 169 Å². The van der Waals surface area contributed by atoms with Crippen molar-refractivity contribution < 1.29 is 9.59 Å². The van der Waals surface area contributed by atoms with Crippen LogP contribution < -0.4 is 10.6 Å². The quantitative estimate of drug-likeness (QED) is 0.626. The van der Waals surface area contributed by atoms with Gasteiger partial charge in [0.25, 0.3) is 5.91 Å². The van der Waals surface area contributed by atoms with Crippen LogP contribution in [-0.2, 0) is 4.79 Å². The van der Waals surface area contributed by atoms with Crippen molar-refractivity contribution in [1.82, 2.24) is 4.98 Å². The molecule has 0 radical (unpaired) electrons. The van der Waals surface area contributed by atoms with E-state index in [1.165, 1.54) is 23.1 Å². The molecule has 4 rings (SSSR count). The van der Waals surface area contributed by atoms with E-state index in [1.54, 1.807) is 12.1 Å². The Morgan fingerprint density at radius 3 is 2.78 bits per heavy atom. The normalized spacial score (nSPS) is 13.0.